The van der Waals surface area contributed by atoms with Crippen molar-refractivity contribution < 1.29 is 27.8 Å². The van der Waals surface area contributed by atoms with E-state index in [1.165, 1.54) is 17.2 Å². The number of alkyl halides is 3. The molecular formula is C11H11F3N2O3. The molecule has 0 aliphatic carbocycles. The lowest BCUT2D eigenvalue weighted by atomic mass is 10.1. The topological polar surface area (TPSA) is 62.7 Å². The Kier molecular flexibility index (Phi) is 3.61. The van der Waals surface area contributed by atoms with Crippen molar-refractivity contribution in [2.24, 2.45) is 0 Å². The quantitative estimate of drug-likeness (QED) is 0.888. The summed E-state index contributed by atoms with van der Waals surface area (Å²) in [6, 6.07) is 2.53. The van der Waals surface area contributed by atoms with E-state index in [1.807, 2.05) is 0 Å². The summed E-state index contributed by atoms with van der Waals surface area (Å²) in [6.07, 6.45) is -3.79. The summed E-state index contributed by atoms with van der Waals surface area (Å²) in [6.45, 7) is -1.01. The van der Waals surface area contributed by atoms with E-state index < -0.39 is 18.9 Å². The van der Waals surface area contributed by atoms with Gasteiger partial charge in [-0.1, -0.05) is 0 Å². The van der Waals surface area contributed by atoms with Gasteiger partial charge in [-0.2, -0.15) is 13.2 Å². The maximum absolute atomic E-state index is 12.0. The van der Waals surface area contributed by atoms with Gasteiger partial charge in [-0.3, -0.25) is 4.79 Å². The Morgan fingerprint density at radius 2 is 2.21 bits per heavy atom. The Morgan fingerprint density at radius 3 is 2.79 bits per heavy atom. The molecule has 0 radical (unpaired) electrons. The number of carbonyl (C=O) groups is 1. The number of hydrogen-bond acceptors (Lipinski definition) is 4. The van der Waals surface area contributed by atoms with E-state index in [9.17, 15) is 18.0 Å². The van der Waals surface area contributed by atoms with Gasteiger partial charge in [0.25, 0.3) is 5.91 Å². The fourth-order valence-electron chi connectivity index (χ4n) is 1.58. The number of likely N-dealkylation sites (tertiary alicyclic amines) is 1. The molecule has 1 aromatic rings. The predicted molar refractivity (Wildman–Crippen MR) is 57.7 cm³/mol. The van der Waals surface area contributed by atoms with E-state index in [0.29, 0.717) is 0 Å². The van der Waals surface area contributed by atoms with E-state index in [2.05, 4.69) is 9.72 Å². The van der Waals surface area contributed by atoms with E-state index in [4.69, 9.17) is 5.11 Å². The van der Waals surface area contributed by atoms with Crippen LogP contribution in [0.2, 0.25) is 0 Å². The summed E-state index contributed by atoms with van der Waals surface area (Å²) in [4.78, 5) is 16.8. The lowest BCUT2D eigenvalue weighted by Crippen LogP contribution is -2.53. The molecule has 1 N–H and O–H groups in total. The summed E-state index contributed by atoms with van der Waals surface area (Å²) in [7, 11) is 0. The Balaban J connectivity index is 2.00. The molecule has 8 heteroatoms. The molecule has 0 unspecified atom stereocenters. The zero-order valence-electron chi connectivity index (χ0n) is 9.72. The van der Waals surface area contributed by atoms with Crippen LogP contribution in [0.4, 0.5) is 13.2 Å². The fraction of sp³-hybridized carbons (Fsp3) is 0.455. The average molecular weight is 276 g/mol. The van der Waals surface area contributed by atoms with E-state index in [1.54, 1.807) is 0 Å². The van der Waals surface area contributed by atoms with Gasteiger partial charge in [0.05, 0.1) is 6.10 Å². The molecule has 5 nitrogen and oxygen atoms in total. The van der Waals surface area contributed by atoms with E-state index in [0.717, 1.165) is 6.07 Å². The van der Waals surface area contributed by atoms with Crippen LogP contribution >= 0.6 is 0 Å². The monoisotopic (exact) mass is 276 g/mol. The van der Waals surface area contributed by atoms with Crippen molar-refractivity contribution in [1.82, 2.24) is 9.88 Å². The number of pyridine rings is 1. The van der Waals surface area contributed by atoms with Crippen LogP contribution in [0.25, 0.3) is 0 Å². The Hall–Kier alpha value is -1.83. The molecule has 0 aromatic carbocycles. The van der Waals surface area contributed by atoms with Crippen molar-refractivity contribution in [3.63, 3.8) is 0 Å². The SMILES string of the molecule is O=C(c1ccnc(OCC(F)(F)F)c1)N1CC(O)C1. The van der Waals surface area contributed by atoms with Crippen molar-refractivity contribution in [2.45, 2.75) is 12.3 Å². The van der Waals surface area contributed by atoms with Gasteiger partial charge in [-0.05, 0) is 6.07 Å². The summed E-state index contributed by atoms with van der Waals surface area (Å²) in [5.41, 5.74) is 0.180. The maximum atomic E-state index is 12.0. The van der Waals surface area contributed by atoms with Gasteiger partial charge in [0.15, 0.2) is 6.61 Å². The molecule has 19 heavy (non-hydrogen) atoms. The third-order valence-corrected chi connectivity index (χ3v) is 2.51. The van der Waals surface area contributed by atoms with Crippen LogP contribution in [0.15, 0.2) is 18.3 Å². The van der Waals surface area contributed by atoms with Crippen molar-refractivity contribution in [1.29, 1.82) is 0 Å². The predicted octanol–water partition coefficient (Wildman–Crippen LogP) is 0.839. The number of aliphatic hydroxyl groups excluding tert-OH is 1. The Bertz CT molecular complexity index is 472. The fourth-order valence-corrected chi connectivity index (χ4v) is 1.58. The van der Waals surface area contributed by atoms with Crippen LogP contribution in [0.5, 0.6) is 5.88 Å². The van der Waals surface area contributed by atoms with Crippen molar-refractivity contribution in [3.8, 4) is 5.88 Å². The molecule has 2 rings (SSSR count). The molecule has 0 saturated carbocycles. The Morgan fingerprint density at radius 1 is 1.53 bits per heavy atom. The first kappa shape index (κ1) is 13.6. The number of aliphatic hydroxyl groups is 1. The maximum Gasteiger partial charge on any atom is 0.422 e. The minimum atomic E-state index is -4.46. The lowest BCUT2D eigenvalue weighted by Gasteiger charge is -2.35. The number of carbonyl (C=O) groups excluding carboxylic acids is 1. The standard InChI is InChI=1S/C11H11F3N2O3/c12-11(13,14)6-19-9-3-7(1-2-15-9)10(18)16-4-8(17)5-16/h1-3,8,17H,4-6H2. The van der Waals surface area contributed by atoms with Gasteiger partial charge in [0.1, 0.15) is 0 Å². The smallest absolute Gasteiger partial charge is 0.422 e. The molecule has 1 aromatic heterocycles. The van der Waals surface area contributed by atoms with Gasteiger partial charge >= 0.3 is 6.18 Å². The number of rotatable bonds is 3. The second-order valence-corrected chi connectivity index (χ2v) is 4.15. The van der Waals surface area contributed by atoms with Crippen molar-refractivity contribution >= 4 is 5.91 Å². The molecule has 1 amide bonds. The van der Waals surface area contributed by atoms with E-state index >= 15 is 0 Å². The largest absolute Gasteiger partial charge is 0.468 e. The van der Waals surface area contributed by atoms with Gasteiger partial charge < -0.3 is 14.7 Å². The number of β-amino-alcohol motifs (C(OH)–C–C–N with tert-alkyl or cyclic N) is 1. The molecule has 0 atom stereocenters. The zero-order valence-corrected chi connectivity index (χ0v) is 9.72. The second kappa shape index (κ2) is 5.04. The normalized spacial score (nSPS) is 16.1. The second-order valence-electron chi connectivity index (χ2n) is 4.15. The first-order chi connectivity index (χ1) is 8.85. The van der Waals surface area contributed by atoms with Crippen LogP contribution in [0, 0.1) is 0 Å². The number of ether oxygens (including phenoxy) is 1. The first-order valence-electron chi connectivity index (χ1n) is 5.48. The molecule has 1 saturated heterocycles. The number of aromatic nitrogens is 1. The summed E-state index contributed by atoms with van der Waals surface area (Å²) < 4.78 is 40.4. The molecule has 1 fully saturated rings. The van der Waals surface area contributed by atoms with Gasteiger partial charge in [-0.25, -0.2) is 4.98 Å². The summed E-state index contributed by atoms with van der Waals surface area (Å²) >= 11 is 0. The van der Waals surface area contributed by atoms with Gasteiger partial charge in [0.2, 0.25) is 5.88 Å². The summed E-state index contributed by atoms with van der Waals surface area (Å²) in [5.74, 6) is -0.631. The summed E-state index contributed by atoms with van der Waals surface area (Å²) in [5, 5.41) is 9.09. The number of nitrogens with zero attached hydrogens (tertiary/aromatic N) is 2. The van der Waals surface area contributed by atoms with Crippen LogP contribution < -0.4 is 4.74 Å². The minimum absolute atomic E-state index is 0.180. The minimum Gasteiger partial charge on any atom is -0.468 e. The van der Waals surface area contributed by atoms with Crippen LogP contribution in [-0.2, 0) is 0 Å². The van der Waals surface area contributed by atoms with Crippen LogP contribution in [0.1, 0.15) is 10.4 Å². The van der Waals surface area contributed by atoms with Crippen molar-refractivity contribution in [2.75, 3.05) is 19.7 Å². The van der Waals surface area contributed by atoms with Gasteiger partial charge in [0, 0.05) is 30.9 Å². The Labute approximate surface area is 106 Å². The lowest BCUT2D eigenvalue weighted by molar-refractivity contribution is -0.154. The highest BCUT2D eigenvalue weighted by atomic mass is 19.4. The average Bonchev–Trinajstić information content (AvgIpc) is 2.31. The molecule has 0 spiro atoms. The van der Waals surface area contributed by atoms with Crippen LogP contribution in [-0.4, -0.2) is 52.9 Å². The third-order valence-electron chi connectivity index (χ3n) is 2.51. The highest BCUT2D eigenvalue weighted by molar-refractivity contribution is 5.95. The number of halogens is 3. The highest BCUT2D eigenvalue weighted by Crippen LogP contribution is 2.19. The molecule has 104 valence electrons. The molecule has 0 bridgehead atoms. The van der Waals surface area contributed by atoms with Crippen molar-refractivity contribution in [3.05, 3.63) is 23.9 Å². The molecule has 1 aliphatic heterocycles. The molecular weight excluding hydrogens is 265 g/mol. The highest BCUT2D eigenvalue weighted by Gasteiger charge is 2.30. The van der Waals surface area contributed by atoms with Gasteiger partial charge in [-0.15, -0.1) is 0 Å². The number of amides is 1. The van der Waals surface area contributed by atoms with Crippen LogP contribution in [0.3, 0.4) is 0 Å². The number of hydrogen-bond donors (Lipinski definition) is 1. The third kappa shape index (κ3) is 3.57. The first-order valence-corrected chi connectivity index (χ1v) is 5.48. The molecule has 1 aliphatic rings. The van der Waals surface area contributed by atoms with E-state index in [-0.39, 0.29) is 30.4 Å². The zero-order chi connectivity index (χ0) is 14.0. The molecule has 2 heterocycles.